The standard InChI is InChI=1S/C74H120O6/c1-4-7-10-13-16-19-22-24-26-28-30-31-32-33-34-35-36-37-38-39-40-41-42-43-44-46-47-49-52-55-58-61-64-67-73(76)79-70-71(69-78-72(75)66-63-60-57-54-51-21-18-15-12-9-6-3)80-74(77)68-65-62-59-56-53-50-48-45-29-27-25-23-20-17-14-11-8-5-2/h7,10,15-16,18-20,23-24,26-27,29-31,33-34,36-37,39-40,42-43,46-47,71H,4-6,8-9,11-14,17,21-22,25,28,32,35,38,41,44-45,48-70H2,1-3H3/b10-7-,18-15-,19-16-,23-20-,26-24-,29-27-,31-30-,34-33-,37-36-,40-39-,43-42-,47-46-. The second-order valence-electron chi connectivity index (χ2n) is 21.3. The molecule has 0 heterocycles. The first-order valence-corrected chi connectivity index (χ1v) is 32.8. The summed E-state index contributed by atoms with van der Waals surface area (Å²) in [6.45, 7) is 6.44. The highest BCUT2D eigenvalue weighted by Gasteiger charge is 2.19. The molecule has 0 aromatic rings. The second kappa shape index (κ2) is 66.8. The molecule has 0 bridgehead atoms. The Morgan fingerprint density at radius 2 is 0.500 bits per heavy atom. The minimum Gasteiger partial charge on any atom is -0.462 e. The van der Waals surface area contributed by atoms with E-state index in [1.54, 1.807) is 0 Å². The number of rotatable bonds is 58. The zero-order chi connectivity index (χ0) is 57.8. The third kappa shape index (κ3) is 64.1. The van der Waals surface area contributed by atoms with Crippen molar-refractivity contribution in [3.63, 3.8) is 0 Å². The van der Waals surface area contributed by atoms with Gasteiger partial charge in [-0.05, 0) is 141 Å². The summed E-state index contributed by atoms with van der Waals surface area (Å²) in [5, 5.41) is 0. The van der Waals surface area contributed by atoms with Crippen LogP contribution in [0.2, 0.25) is 0 Å². The number of hydrogen-bond donors (Lipinski definition) is 0. The van der Waals surface area contributed by atoms with Crippen molar-refractivity contribution in [3.05, 3.63) is 146 Å². The topological polar surface area (TPSA) is 78.9 Å². The molecule has 0 amide bonds. The van der Waals surface area contributed by atoms with E-state index in [1.165, 1.54) is 83.5 Å². The molecule has 0 saturated heterocycles. The molecule has 6 heteroatoms. The van der Waals surface area contributed by atoms with Crippen LogP contribution in [0, 0.1) is 0 Å². The van der Waals surface area contributed by atoms with Gasteiger partial charge in [0.1, 0.15) is 13.2 Å². The lowest BCUT2D eigenvalue weighted by Crippen LogP contribution is -2.30. The average Bonchev–Trinajstić information content (AvgIpc) is 3.46. The molecule has 452 valence electrons. The zero-order valence-corrected chi connectivity index (χ0v) is 51.8. The van der Waals surface area contributed by atoms with Crippen molar-refractivity contribution in [1.29, 1.82) is 0 Å². The number of ether oxygens (including phenoxy) is 3. The van der Waals surface area contributed by atoms with Gasteiger partial charge in [0, 0.05) is 19.3 Å². The molecule has 0 aliphatic heterocycles. The Labute approximate surface area is 493 Å². The molecule has 1 unspecified atom stereocenters. The molecule has 6 nitrogen and oxygen atoms in total. The summed E-state index contributed by atoms with van der Waals surface area (Å²) in [5.41, 5.74) is 0. The third-order valence-electron chi connectivity index (χ3n) is 13.5. The van der Waals surface area contributed by atoms with Gasteiger partial charge in [0.25, 0.3) is 0 Å². The zero-order valence-electron chi connectivity index (χ0n) is 51.8. The van der Waals surface area contributed by atoms with E-state index >= 15 is 0 Å². The summed E-state index contributed by atoms with van der Waals surface area (Å²) in [6, 6.07) is 0. The lowest BCUT2D eigenvalue weighted by molar-refractivity contribution is -0.167. The molecule has 0 fully saturated rings. The van der Waals surface area contributed by atoms with Crippen molar-refractivity contribution in [2.75, 3.05) is 13.2 Å². The highest BCUT2D eigenvalue weighted by molar-refractivity contribution is 5.71. The number of hydrogen-bond acceptors (Lipinski definition) is 6. The first-order chi connectivity index (χ1) is 39.5. The normalized spacial score (nSPS) is 13.1. The van der Waals surface area contributed by atoms with Crippen molar-refractivity contribution in [2.24, 2.45) is 0 Å². The van der Waals surface area contributed by atoms with E-state index in [4.69, 9.17) is 14.2 Å². The van der Waals surface area contributed by atoms with Crippen LogP contribution in [0.25, 0.3) is 0 Å². The summed E-state index contributed by atoms with van der Waals surface area (Å²) >= 11 is 0. The Balaban J connectivity index is 4.32. The summed E-state index contributed by atoms with van der Waals surface area (Å²) < 4.78 is 16.9. The molecule has 0 rings (SSSR count). The second-order valence-corrected chi connectivity index (χ2v) is 21.3. The Morgan fingerprint density at radius 3 is 0.812 bits per heavy atom. The van der Waals surface area contributed by atoms with Gasteiger partial charge in [0.2, 0.25) is 0 Å². The quantitative estimate of drug-likeness (QED) is 0.0261. The van der Waals surface area contributed by atoms with Crippen molar-refractivity contribution in [3.8, 4) is 0 Å². The minimum atomic E-state index is -0.800. The molecule has 1 atom stereocenters. The van der Waals surface area contributed by atoms with E-state index in [0.717, 1.165) is 161 Å². The Morgan fingerprint density at radius 1 is 0.263 bits per heavy atom. The molecule has 0 aliphatic carbocycles. The lowest BCUT2D eigenvalue weighted by Gasteiger charge is -2.18. The summed E-state index contributed by atoms with van der Waals surface area (Å²) in [4.78, 5) is 38.2. The maximum absolute atomic E-state index is 12.9. The van der Waals surface area contributed by atoms with E-state index in [9.17, 15) is 14.4 Å². The third-order valence-corrected chi connectivity index (χ3v) is 13.5. The predicted octanol–water partition coefficient (Wildman–Crippen LogP) is 22.7. The maximum atomic E-state index is 12.9. The minimum absolute atomic E-state index is 0.0956. The van der Waals surface area contributed by atoms with Gasteiger partial charge in [-0.1, -0.05) is 269 Å². The SMILES string of the molecule is CC/C=C\C/C=C\C/C=C\C/C=C\C/C=C\C/C=C\C/C=C\C/C=C\C/C=C\CCCCCCCC(=O)OCC(COC(=O)CCCCCCC/C=C\CCCC)OC(=O)CCCCCCCCC/C=C\C/C=C\CCCCCC. The fourth-order valence-electron chi connectivity index (χ4n) is 8.62. The summed E-state index contributed by atoms with van der Waals surface area (Å²) in [6.07, 6.45) is 95.7. The number of carbonyl (C=O) groups is 3. The van der Waals surface area contributed by atoms with Crippen LogP contribution in [0.3, 0.4) is 0 Å². The fourth-order valence-corrected chi connectivity index (χ4v) is 8.62. The van der Waals surface area contributed by atoms with Crippen LogP contribution in [0.15, 0.2) is 146 Å². The summed E-state index contributed by atoms with van der Waals surface area (Å²) in [7, 11) is 0. The van der Waals surface area contributed by atoms with Gasteiger partial charge < -0.3 is 14.2 Å². The molecule has 0 saturated carbocycles. The van der Waals surface area contributed by atoms with E-state index in [2.05, 4.69) is 167 Å². The highest BCUT2D eigenvalue weighted by atomic mass is 16.6. The first kappa shape index (κ1) is 75.3. The van der Waals surface area contributed by atoms with Gasteiger partial charge in [-0.3, -0.25) is 14.4 Å². The molecule has 0 radical (unpaired) electrons. The summed E-state index contributed by atoms with van der Waals surface area (Å²) in [5.74, 6) is -0.933. The smallest absolute Gasteiger partial charge is 0.306 e. The van der Waals surface area contributed by atoms with E-state index in [1.807, 2.05) is 0 Å². The molecule has 0 N–H and O–H groups in total. The molecule has 0 aliphatic rings. The van der Waals surface area contributed by atoms with Gasteiger partial charge in [-0.15, -0.1) is 0 Å². The van der Waals surface area contributed by atoms with Crippen LogP contribution >= 0.6 is 0 Å². The van der Waals surface area contributed by atoms with Crippen molar-refractivity contribution in [1.82, 2.24) is 0 Å². The number of unbranched alkanes of at least 4 members (excludes halogenated alkanes) is 23. The van der Waals surface area contributed by atoms with Crippen molar-refractivity contribution < 1.29 is 28.6 Å². The van der Waals surface area contributed by atoms with Crippen molar-refractivity contribution >= 4 is 17.9 Å². The largest absolute Gasteiger partial charge is 0.462 e. The predicted molar refractivity (Wildman–Crippen MR) is 348 cm³/mol. The molecular formula is C74H120O6. The van der Waals surface area contributed by atoms with Crippen LogP contribution in [-0.2, 0) is 28.6 Å². The van der Waals surface area contributed by atoms with Crippen LogP contribution in [-0.4, -0.2) is 37.2 Å². The highest BCUT2D eigenvalue weighted by Crippen LogP contribution is 2.14. The van der Waals surface area contributed by atoms with Gasteiger partial charge >= 0.3 is 17.9 Å². The Kier molecular flexibility index (Phi) is 62.9. The van der Waals surface area contributed by atoms with Crippen LogP contribution in [0.4, 0.5) is 0 Å². The first-order valence-electron chi connectivity index (χ1n) is 32.8. The van der Waals surface area contributed by atoms with Gasteiger partial charge in [-0.2, -0.15) is 0 Å². The molecule has 80 heavy (non-hydrogen) atoms. The van der Waals surface area contributed by atoms with E-state index < -0.39 is 6.10 Å². The maximum Gasteiger partial charge on any atom is 0.306 e. The fraction of sp³-hybridized carbons (Fsp3) is 0.635. The number of carbonyl (C=O) groups excluding carboxylic acids is 3. The lowest BCUT2D eigenvalue weighted by atomic mass is 10.1. The van der Waals surface area contributed by atoms with Gasteiger partial charge in [-0.25, -0.2) is 0 Å². The molecule has 0 aromatic heterocycles. The Bertz CT molecular complexity index is 1750. The van der Waals surface area contributed by atoms with Crippen LogP contribution < -0.4 is 0 Å². The van der Waals surface area contributed by atoms with E-state index in [-0.39, 0.29) is 31.1 Å². The molecule has 0 aromatic carbocycles. The van der Waals surface area contributed by atoms with Gasteiger partial charge in [0.05, 0.1) is 0 Å². The Hall–Kier alpha value is -4.71. The van der Waals surface area contributed by atoms with E-state index in [0.29, 0.717) is 19.3 Å². The molecule has 0 spiro atoms. The number of allylic oxidation sites excluding steroid dienone is 24. The monoisotopic (exact) mass is 1100 g/mol. The average molecular weight is 1110 g/mol. The van der Waals surface area contributed by atoms with Gasteiger partial charge in [0.15, 0.2) is 6.10 Å². The van der Waals surface area contributed by atoms with Crippen molar-refractivity contribution in [2.45, 2.75) is 290 Å². The molecular weight excluding hydrogens is 985 g/mol. The van der Waals surface area contributed by atoms with Crippen LogP contribution in [0.5, 0.6) is 0 Å². The number of esters is 3. The van der Waals surface area contributed by atoms with Crippen LogP contribution in [0.1, 0.15) is 284 Å².